The summed E-state index contributed by atoms with van der Waals surface area (Å²) in [6.45, 7) is 5.95. The summed E-state index contributed by atoms with van der Waals surface area (Å²) in [6, 6.07) is 8.86. The second-order valence-corrected chi connectivity index (χ2v) is 5.21. The Morgan fingerprint density at radius 3 is 3.00 bits per heavy atom. The predicted molar refractivity (Wildman–Crippen MR) is 75.5 cm³/mol. The van der Waals surface area contributed by atoms with Gasteiger partial charge in [-0.25, -0.2) is 0 Å². The third-order valence-electron chi connectivity index (χ3n) is 4.18. The molecule has 1 aliphatic carbocycles. The van der Waals surface area contributed by atoms with E-state index in [4.69, 9.17) is 4.42 Å². The van der Waals surface area contributed by atoms with Crippen molar-refractivity contribution in [3.05, 3.63) is 60.5 Å². The molecule has 2 unspecified atom stereocenters. The van der Waals surface area contributed by atoms with Crippen molar-refractivity contribution in [2.75, 3.05) is 0 Å². The number of nitrogens with zero attached hydrogens (tertiary/aromatic N) is 1. The second kappa shape index (κ2) is 3.70. The molecule has 4 rings (SSSR count). The van der Waals surface area contributed by atoms with E-state index in [9.17, 15) is 0 Å². The average molecular weight is 250 g/mol. The summed E-state index contributed by atoms with van der Waals surface area (Å²) in [7, 11) is 0. The van der Waals surface area contributed by atoms with Crippen LogP contribution in [0.25, 0.3) is 16.7 Å². The maximum atomic E-state index is 6.09. The van der Waals surface area contributed by atoms with E-state index in [0.717, 1.165) is 11.5 Å². The summed E-state index contributed by atoms with van der Waals surface area (Å²) in [5, 5.41) is 0. The molecule has 1 fully saturated rings. The minimum Gasteiger partial charge on any atom is -0.398 e. The summed E-state index contributed by atoms with van der Waals surface area (Å²) in [4.78, 5) is 0. The first-order valence-corrected chi connectivity index (χ1v) is 6.78. The van der Waals surface area contributed by atoms with Crippen LogP contribution >= 0.6 is 0 Å². The van der Waals surface area contributed by atoms with Gasteiger partial charge in [-0.05, 0) is 24.6 Å². The maximum absolute atomic E-state index is 6.09. The molecule has 0 bridgehead atoms. The first-order valence-electron chi connectivity index (χ1n) is 6.78. The molecule has 0 N–H and O–H groups in total. The van der Waals surface area contributed by atoms with Crippen molar-refractivity contribution in [1.82, 2.24) is 0 Å². The van der Waals surface area contributed by atoms with Crippen LogP contribution in [-0.2, 0) is 0 Å². The fraction of sp³-hybridized carbons (Fsp3) is 0.235. The van der Waals surface area contributed by atoms with E-state index < -0.39 is 0 Å². The number of aromatic nitrogens is 1. The van der Waals surface area contributed by atoms with Crippen LogP contribution < -0.4 is 4.57 Å². The van der Waals surface area contributed by atoms with Gasteiger partial charge in [0, 0.05) is 12.5 Å². The van der Waals surface area contributed by atoms with Crippen molar-refractivity contribution < 1.29 is 8.98 Å². The van der Waals surface area contributed by atoms with E-state index in [1.165, 1.54) is 23.1 Å². The van der Waals surface area contributed by atoms with Crippen LogP contribution in [0, 0.1) is 5.92 Å². The van der Waals surface area contributed by atoms with Gasteiger partial charge in [0.25, 0.3) is 5.52 Å². The van der Waals surface area contributed by atoms with Crippen molar-refractivity contribution in [2.24, 2.45) is 5.92 Å². The number of hydrogen-bond donors (Lipinski definition) is 0. The quantitative estimate of drug-likeness (QED) is 0.703. The fourth-order valence-corrected chi connectivity index (χ4v) is 3.30. The fourth-order valence-electron chi connectivity index (χ4n) is 3.30. The first kappa shape index (κ1) is 10.8. The Hall–Kier alpha value is -2.09. The lowest BCUT2D eigenvalue weighted by Crippen LogP contribution is -2.38. The average Bonchev–Trinajstić information content (AvgIpc) is 3.12. The summed E-state index contributed by atoms with van der Waals surface area (Å²) < 4.78 is 8.45. The van der Waals surface area contributed by atoms with Crippen LogP contribution in [0.4, 0.5) is 0 Å². The highest BCUT2D eigenvalue weighted by Gasteiger charge is 2.57. The molecule has 94 valence electrons. The van der Waals surface area contributed by atoms with Gasteiger partial charge in [-0.1, -0.05) is 30.9 Å². The molecular formula is C17H16NO+. The zero-order chi connectivity index (χ0) is 13.0. The molecule has 0 spiro atoms. The highest BCUT2D eigenvalue weighted by atomic mass is 16.4. The minimum absolute atomic E-state index is 0.576. The monoisotopic (exact) mass is 250 g/mol. The highest BCUT2D eigenvalue weighted by Crippen LogP contribution is 2.53. The van der Waals surface area contributed by atoms with E-state index in [1.807, 2.05) is 18.2 Å². The third kappa shape index (κ3) is 1.34. The van der Waals surface area contributed by atoms with Gasteiger partial charge in [-0.15, -0.1) is 0 Å². The first-order chi connectivity index (χ1) is 9.35. The molecule has 0 saturated heterocycles. The van der Waals surface area contributed by atoms with Crippen LogP contribution in [-0.4, -0.2) is 0 Å². The standard InChI is InChI=1S/C17H16NO/c1-3-7-12-11(4-2)13-10-15(13)18-14-8-5-6-9-16(14)19-17(12)18/h3-9,13,15H,1,10H2,2H3/q+1/b11-4+,12-7?. The Morgan fingerprint density at radius 2 is 2.21 bits per heavy atom. The molecule has 2 heteroatoms. The zero-order valence-electron chi connectivity index (χ0n) is 11.0. The zero-order valence-corrected chi connectivity index (χ0v) is 11.0. The highest BCUT2D eigenvalue weighted by molar-refractivity contribution is 5.80. The molecule has 2 nitrogen and oxygen atoms in total. The molecule has 19 heavy (non-hydrogen) atoms. The Labute approximate surface area is 112 Å². The van der Waals surface area contributed by atoms with Gasteiger partial charge >= 0.3 is 5.89 Å². The number of benzene rings is 1. The van der Waals surface area contributed by atoms with Crippen molar-refractivity contribution in [3.63, 3.8) is 0 Å². The molecule has 1 aromatic carbocycles. The van der Waals surface area contributed by atoms with Gasteiger partial charge in [-0.2, -0.15) is 4.57 Å². The van der Waals surface area contributed by atoms with Gasteiger partial charge < -0.3 is 4.42 Å². The Morgan fingerprint density at radius 1 is 1.37 bits per heavy atom. The molecule has 0 radical (unpaired) electrons. The summed E-state index contributed by atoms with van der Waals surface area (Å²) in [5.74, 6) is 1.63. The van der Waals surface area contributed by atoms with Gasteiger partial charge in [0.1, 0.15) is 0 Å². The largest absolute Gasteiger partial charge is 0.398 e. The molecule has 2 heterocycles. The van der Waals surface area contributed by atoms with Crippen LogP contribution in [0.2, 0.25) is 0 Å². The summed E-state index contributed by atoms with van der Waals surface area (Å²) >= 11 is 0. The van der Waals surface area contributed by atoms with E-state index in [1.54, 1.807) is 0 Å². The van der Waals surface area contributed by atoms with Crippen molar-refractivity contribution >= 4 is 16.7 Å². The smallest absolute Gasteiger partial charge is 0.382 e. The van der Waals surface area contributed by atoms with Gasteiger partial charge in [0.15, 0.2) is 6.04 Å². The molecule has 2 aliphatic rings. The van der Waals surface area contributed by atoms with Crippen LogP contribution in [0.1, 0.15) is 25.3 Å². The van der Waals surface area contributed by atoms with Crippen LogP contribution in [0.5, 0.6) is 0 Å². The summed E-state index contributed by atoms with van der Waals surface area (Å²) in [5.41, 5.74) is 4.77. The molecular weight excluding hydrogens is 234 g/mol. The number of oxazole rings is 1. The number of para-hydroxylation sites is 2. The van der Waals surface area contributed by atoms with Crippen LogP contribution in [0.3, 0.4) is 0 Å². The van der Waals surface area contributed by atoms with Gasteiger partial charge in [0.2, 0.25) is 5.58 Å². The van der Waals surface area contributed by atoms with Crippen LogP contribution in [0.15, 0.2) is 59.1 Å². The van der Waals surface area contributed by atoms with E-state index in [-0.39, 0.29) is 0 Å². The van der Waals surface area contributed by atoms with E-state index in [0.29, 0.717) is 12.0 Å². The maximum Gasteiger partial charge on any atom is 0.382 e. The molecule has 1 saturated carbocycles. The molecule has 0 amide bonds. The number of rotatable bonds is 1. The molecule has 2 aromatic rings. The van der Waals surface area contributed by atoms with Gasteiger partial charge in [0.05, 0.1) is 11.5 Å². The SMILES string of the molecule is C=CC=C1/C(=C\C)C2CC2[n+]2c1oc1ccccc12. The van der Waals surface area contributed by atoms with Crippen molar-refractivity contribution in [2.45, 2.75) is 19.4 Å². The lowest BCUT2D eigenvalue weighted by molar-refractivity contribution is -0.686. The van der Waals surface area contributed by atoms with Crippen molar-refractivity contribution in [3.8, 4) is 0 Å². The number of allylic oxidation sites excluding steroid dienone is 5. The van der Waals surface area contributed by atoms with Gasteiger partial charge in [-0.3, -0.25) is 0 Å². The molecule has 2 atom stereocenters. The van der Waals surface area contributed by atoms with E-state index in [2.05, 4.69) is 42.4 Å². The normalized spacial score (nSPS) is 28.5. The topological polar surface area (TPSA) is 17.0 Å². The summed E-state index contributed by atoms with van der Waals surface area (Å²) in [6.07, 6.45) is 7.35. The minimum atomic E-state index is 0.576. The third-order valence-corrected chi connectivity index (χ3v) is 4.18. The lowest BCUT2D eigenvalue weighted by atomic mass is 9.97. The Kier molecular flexibility index (Phi) is 2.10. The predicted octanol–water partition coefficient (Wildman–Crippen LogP) is 3.81. The van der Waals surface area contributed by atoms with E-state index >= 15 is 0 Å². The van der Waals surface area contributed by atoms with Crippen molar-refractivity contribution in [1.29, 1.82) is 0 Å². The number of fused-ring (bicyclic) bond motifs is 5. The molecule has 1 aliphatic heterocycles. The second-order valence-electron chi connectivity index (χ2n) is 5.21. The molecule has 1 aromatic heterocycles. The Balaban J connectivity index is 2.07. The number of hydrogen-bond acceptors (Lipinski definition) is 1. The Bertz CT molecular complexity index is 748. The lowest BCUT2D eigenvalue weighted by Gasteiger charge is -2.11.